The van der Waals surface area contributed by atoms with Gasteiger partial charge in [0, 0.05) is 5.56 Å². The van der Waals surface area contributed by atoms with Gasteiger partial charge in [-0.25, -0.2) is 4.79 Å². The third-order valence-corrected chi connectivity index (χ3v) is 9.30. The van der Waals surface area contributed by atoms with Gasteiger partial charge >= 0.3 is 5.63 Å². The van der Waals surface area contributed by atoms with Gasteiger partial charge in [0.25, 0.3) is 0 Å². The second-order valence-electron chi connectivity index (χ2n) is 12.5. The summed E-state index contributed by atoms with van der Waals surface area (Å²) in [5, 5.41) is 0. The first-order valence-electron chi connectivity index (χ1n) is 13.4. The molecule has 0 spiro atoms. The Morgan fingerprint density at radius 1 is 1.00 bits per heavy atom. The van der Waals surface area contributed by atoms with Crippen LogP contribution in [0.1, 0.15) is 38.5 Å². The van der Waals surface area contributed by atoms with Crippen molar-refractivity contribution in [2.24, 2.45) is 5.41 Å². The van der Waals surface area contributed by atoms with Crippen LogP contribution in [0.3, 0.4) is 0 Å². The lowest BCUT2D eigenvalue weighted by Crippen LogP contribution is -2.61. The van der Waals surface area contributed by atoms with E-state index in [1.54, 1.807) is 6.08 Å². The van der Waals surface area contributed by atoms with Crippen LogP contribution >= 0.6 is 0 Å². The molecule has 0 amide bonds. The maximum atomic E-state index is 11.8. The van der Waals surface area contributed by atoms with Crippen molar-refractivity contribution in [1.82, 2.24) is 0 Å². The normalized spacial score (nSPS) is 32.2. The molecule has 3 rings (SSSR count). The molecule has 9 heteroatoms. The Balaban J connectivity index is 1.85. The molecule has 2 saturated heterocycles. The average molecular weight is 563 g/mol. The highest BCUT2D eigenvalue weighted by Crippen LogP contribution is 2.59. The fraction of sp³-hybridized carbons (Fsp3) is 0.621. The minimum atomic E-state index is -1.93. The second kappa shape index (κ2) is 11.4. The lowest BCUT2D eigenvalue weighted by atomic mass is 9.69. The smallest absolute Gasteiger partial charge is 0.339 e. The molecule has 0 aliphatic carbocycles. The minimum absolute atomic E-state index is 0.0629. The van der Waals surface area contributed by atoms with E-state index in [0.717, 1.165) is 12.0 Å². The van der Waals surface area contributed by atoms with Crippen LogP contribution in [-0.4, -0.2) is 53.9 Å². The Hall–Kier alpha value is -1.76. The molecule has 2 aliphatic rings. The van der Waals surface area contributed by atoms with E-state index in [2.05, 4.69) is 60.1 Å². The third kappa shape index (κ3) is 6.34. The number of ether oxygens (including phenoxy) is 3. The minimum Gasteiger partial charge on any atom is -0.496 e. The van der Waals surface area contributed by atoms with E-state index >= 15 is 0 Å². The quantitative estimate of drug-likeness (QED) is 0.239. The van der Waals surface area contributed by atoms with Crippen LogP contribution in [0.15, 0.2) is 45.7 Å². The molecular formula is C29H46O7Si2. The zero-order chi connectivity index (χ0) is 28.5. The van der Waals surface area contributed by atoms with Gasteiger partial charge in [0.1, 0.15) is 17.6 Å². The molecule has 0 bridgehead atoms. The van der Waals surface area contributed by atoms with Crippen LogP contribution < -0.4 is 10.4 Å². The molecule has 0 saturated carbocycles. The van der Waals surface area contributed by atoms with Crippen molar-refractivity contribution >= 4 is 22.7 Å². The van der Waals surface area contributed by atoms with Crippen molar-refractivity contribution in [3.63, 3.8) is 0 Å². The predicted octanol–water partition coefficient (Wildman–Crippen LogP) is 6.45. The zero-order valence-electron chi connectivity index (χ0n) is 24.9. The summed E-state index contributed by atoms with van der Waals surface area (Å²) < 4.78 is 37.3. The van der Waals surface area contributed by atoms with Crippen molar-refractivity contribution in [3.05, 3.63) is 58.2 Å². The molecule has 6 atom stereocenters. The number of methoxy groups -OCH3 is 1. The van der Waals surface area contributed by atoms with Crippen LogP contribution in [-0.2, 0) is 18.3 Å². The summed E-state index contributed by atoms with van der Waals surface area (Å²) in [6.07, 6.45) is 11.3. The van der Waals surface area contributed by atoms with Crippen molar-refractivity contribution in [3.8, 4) is 5.75 Å². The Bertz CT molecular complexity index is 1130. The first-order valence-corrected chi connectivity index (χ1v) is 20.3. The molecule has 0 N–H and O–H groups in total. The SMILES string of the molecule is CC[C@H]1O[C@@H]2O[C@H](/C=C/C=C/C=C/c3oc(=O)cc(OC)c3C)[C@H](O[Si](C)(C)C)[C@]2(C)[C@@]1(C)O[Si](C)(C)C. The number of allylic oxidation sites excluding steroid dienone is 4. The van der Waals surface area contributed by atoms with E-state index in [-0.39, 0.29) is 18.3 Å². The van der Waals surface area contributed by atoms with Crippen LogP contribution in [0.4, 0.5) is 0 Å². The van der Waals surface area contributed by atoms with Gasteiger partial charge in [0.15, 0.2) is 22.9 Å². The van der Waals surface area contributed by atoms with Crippen LogP contribution in [0, 0.1) is 12.3 Å². The Morgan fingerprint density at radius 3 is 2.24 bits per heavy atom. The molecule has 7 nitrogen and oxygen atoms in total. The fourth-order valence-corrected chi connectivity index (χ4v) is 8.29. The highest BCUT2D eigenvalue weighted by Gasteiger charge is 2.72. The molecule has 0 radical (unpaired) electrons. The van der Waals surface area contributed by atoms with E-state index in [1.165, 1.54) is 13.2 Å². The van der Waals surface area contributed by atoms with Crippen molar-refractivity contribution in [2.75, 3.05) is 7.11 Å². The fourth-order valence-electron chi connectivity index (χ4n) is 5.53. The Kier molecular flexibility index (Phi) is 9.22. The van der Waals surface area contributed by atoms with Crippen LogP contribution in [0.2, 0.25) is 39.3 Å². The highest BCUT2D eigenvalue weighted by molar-refractivity contribution is 6.70. The molecule has 1 aromatic heterocycles. The van der Waals surface area contributed by atoms with E-state index in [4.69, 9.17) is 27.5 Å². The number of hydrogen-bond acceptors (Lipinski definition) is 7. The Labute approximate surface area is 230 Å². The van der Waals surface area contributed by atoms with Crippen LogP contribution in [0.5, 0.6) is 5.75 Å². The van der Waals surface area contributed by atoms with E-state index in [9.17, 15) is 4.79 Å². The lowest BCUT2D eigenvalue weighted by molar-refractivity contribution is -0.143. The molecule has 1 aromatic rings. The topological polar surface area (TPSA) is 76.4 Å². The average Bonchev–Trinajstić information content (AvgIpc) is 3.16. The summed E-state index contributed by atoms with van der Waals surface area (Å²) in [6, 6.07) is 1.34. The van der Waals surface area contributed by atoms with E-state index in [0.29, 0.717) is 11.5 Å². The number of fused-ring (bicyclic) bond motifs is 1. The van der Waals surface area contributed by atoms with Gasteiger partial charge < -0.3 is 27.5 Å². The van der Waals surface area contributed by atoms with E-state index in [1.807, 2.05) is 37.3 Å². The van der Waals surface area contributed by atoms with Gasteiger partial charge in [-0.1, -0.05) is 37.3 Å². The molecule has 3 heterocycles. The summed E-state index contributed by atoms with van der Waals surface area (Å²) in [5.74, 6) is 0.976. The Morgan fingerprint density at radius 2 is 1.66 bits per heavy atom. The molecule has 212 valence electrons. The van der Waals surface area contributed by atoms with Gasteiger partial charge in [-0.15, -0.1) is 0 Å². The third-order valence-electron chi connectivity index (χ3n) is 7.30. The molecular weight excluding hydrogens is 516 g/mol. The zero-order valence-corrected chi connectivity index (χ0v) is 26.9. The summed E-state index contributed by atoms with van der Waals surface area (Å²) in [4.78, 5) is 11.8. The first-order chi connectivity index (χ1) is 17.6. The summed E-state index contributed by atoms with van der Waals surface area (Å²) >= 11 is 0. The lowest BCUT2D eigenvalue weighted by Gasteiger charge is -2.48. The highest BCUT2D eigenvalue weighted by atomic mass is 28.4. The monoisotopic (exact) mass is 562 g/mol. The van der Waals surface area contributed by atoms with Crippen LogP contribution in [0.25, 0.3) is 6.08 Å². The maximum absolute atomic E-state index is 11.8. The molecule has 0 unspecified atom stereocenters. The summed E-state index contributed by atoms with van der Waals surface area (Å²) in [6.45, 7) is 21.7. The largest absolute Gasteiger partial charge is 0.496 e. The number of hydrogen-bond donors (Lipinski definition) is 0. The first kappa shape index (κ1) is 30.8. The van der Waals surface area contributed by atoms with Gasteiger partial charge in [-0.2, -0.15) is 0 Å². The summed E-state index contributed by atoms with van der Waals surface area (Å²) in [5.41, 5.74) is -0.666. The van der Waals surface area contributed by atoms with Crippen molar-refractivity contribution < 1.29 is 27.5 Å². The van der Waals surface area contributed by atoms with E-state index < -0.39 is 39.6 Å². The molecule has 2 fully saturated rings. The predicted molar refractivity (Wildman–Crippen MR) is 157 cm³/mol. The molecule has 38 heavy (non-hydrogen) atoms. The van der Waals surface area contributed by atoms with Gasteiger partial charge in [-0.3, -0.25) is 0 Å². The van der Waals surface area contributed by atoms with Gasteiger partial charge in [-0.05, 0) is 72.6 Å². The second-order valence-corrected chi connectivity index (χ2v) is 21.4. The van der Waals surface area contributed by atoms with Gasteiger partial charge in [0.05, 0.1) is 36.4 Å². The molecule has 2 aliphatic heterocycles. The standard InChI is InChI=1S/C29H46O7Si2/c1-12-24-29(4,36-38(9,10)11)28(3)26(35-37(6,7)8)22(33-27(28)34-24)18-16-14-13-15-17-21-20(2)23(31-5)19-25(30)32-21/h13-19,22,24,26-27H,12H2,1-11H3/b14-13+,17-15+,18-16+/t22-,24-,26+,27+,28+,29+/m1/s1. The maximum Gasteiger partial charge on any atom is 0.339 e. The van der Waals surface area contributed by atoms with Gasteiger partial charge in [0.2, 0.25) is 0 Å². The number of rotatable bonds is 10. The molecule has 0 aromatic carbocycles. The van der Waals surface area contributed by atoms with Crippen molar-refractivity contribution in [2.45, 2.75) is 104 Å². The summed E-state index contributed by atoms with van der Waals surface area (Å²) in [7, 11) is -2.30. The van der Waals surface area contributed by atoms with Crippen molar-refractivity contribution in [1.29, 1.82) is 0 Å².